The zero-order chi connectivity index (χ0) is 17.5. The van der Waals surface area contributed by atoms with Crippen LogP contribution in [-0.2, 0) is 6.42 Å². The topological polar surface area (TPSA) is 80.6 Å². The molecule has 1 heterocycles. The molecule has 6 heteroatoms. The standard InChI is InChI=1S/C18H22N2O4/c1-4-23-17-8-6-14(13(3)21)11-16(17)20-18(22)19-10-9-15-7-5-12(2)24-15/h5-8,11H,4,9-10H2,1-3H3,(H2,19,20,22). The Morgan fingerprint density at radius 2 is 2.00 bits per heavy atom. The first-order valence-corrected chi connectivity index (χ1v) is 7.87. The molecule has 2 N–H and O–H groups in total. The first kappa shape index (κ1) is 17.6. The summed E-state index contributed by atoms with van der Waals surface area (Å²) in [6.45, 7) is 6.11. The molecule has 0 aliphatic carbocycles. The Labute approximate surface area is 141 Å². The molecule has 0 saturated carbocycles. The fourth-order valence-corrected chi connectivity index (χ4v) is 2.21. The smallest absolute Gasteiger partial charge is 0.319 e. The second-order valence-corrected chi connectivity index (χ2v) is 5.34. The largest absolute Gasteiger partial charge is 0.492 e. The second-order valence-electron chi connectivity index (χ2n) is 5.34. The van der Waals surface area contributed by atoms with E-state index in [1.807, 2.05) is 26.0 Å². The van der Waals surface area contributed by atoms with Gasteiger partial charge >= 0.3 is 6.03 Å². The number of urea groups is 1. The van der Waals surface area contributed by atoms with E-state index in [-0.39, 0.29) is 11.8 Å². The van der Waals surface area contributed by atoms with Crippen molar-refractivity contribution in [1.29, 1.82) is 0 Å². The molecule has 0 aliphatic rings. The minimum absolute atomic E-state index is 0.0744. The molecule has 1 aromatic heterocycles. The third-order valence-corrected chi connectivity index (χ3v) is 3.39. The van der Waals surface area contributed by atoms with Gasteiger partial charge in [-0.15, -0.1) is 0 Å². The summed E-state index contributed by atoms with van der Waals surface area (Å²) in [6, 6.07) is 8.38. The van der Waals surface area contributed by atoms with Gasteiger partial charge in [0.05, 0.1) is 12.3 Å². The lowest BCUT2D eigenvalue weighted by molar-refractivity contribution is 0.101. The van der Waals surface area contributed by atoms with Crippen LogP contribution in [0.1, 0.15) is 35.7 Å². The molecule has 0 radical (unpaired) electrons. The number of aryl methyl sites for hydroxylation is 1. The van der Waals surface area contributed by atoms with E-state index in [0.29, 0.717) is 36.6 Å². The van der Waals surface area contributed by atoms with Crippen LogP contribution in [0.4, 0.5) is 10.5 Å². The number of benzene rings is 1. The number of ether oxygens (including phenoxy) is 1. The fourth-order valence-electron chi connectivity index (χ4n) is 2.21. The molecule has 0 fully saturated rings. The number of carbonyl (C=O) groups excluding carboxylic acids is 2. The number of hydrogen-bond donors (Lipinski definition) is 2. The van der Waals surface area contributed by atoms with Crippen LogP contribution in [0.2, 0.25) is 0 Å². The van der Waals surface area contributed by atoms with Crippen molar-refractivity contribution in [1.82, 2.24) is 5.32 Å². The van der Waals surface area contributed by atoms with Gasteiger partial charge in [-0.1, -0.05) is 0 Å². The van der Waals surface area contributed by atoms with Gasteiger partial charge in [0.1, 0.15) is 17.3 Å². The van der Waals surface area contributed by atoms with Crippen LogP contribution >= 0.6 is 0 Å². The van der Waals surface area contributed by atoms with E-state index < -0.39 is 0 Å². The van der Waals surface area contributed by atoms with Gasteiger partial charge in [0, 0.05) is 18.5 Å². The molecule has 2 amide bonds. The lowest BCUT2D eigenvalue weighted by Crippen LogP contribution is -2.30. The summed E-state index contributed by atoms with van der Waals surface area (Å²) >= 11 is 0. The van der Waals surface area contributed by atoms with Crippen molar-refractivity contribution in [2.75, 3.05) is 18.5 Å². The Kier molecular flexibility index (Phi) is 6.01. The van der Waals surface area contributed by atoms with Crippen molar-refractivity contribution in [3.05, 3.63) is 47.4 Å². The van der Waals surface area contributed by atoms with Crippen LogP contribution in [0.5, 0.6) is 5.75 Å². The molecule has 0 saturated heterocycles. The highest BCUT2D eigenvalue weighted by atomic mass is 16.5. The number of furan rings is 1. The molecule has 0 spiro atoms. The third kappa shape index (κ3) is 4.87. The first-order chi connectivity index (χ1) is 11.5. The molecule has 0 aliphatic heterocycles. The summed E-state index contributed by atoms with van der Waals surface area (Å²) in [5.41, 5.74) is 0.982. The Balaban J connectivity index is 1.96. The highest BCUT2D eigenvalue weighted by Gasteiger charge is 2.11. The van der Waals surface area contributed by atoms with Gasteiger partial charge in [0.2, 0.25) is 0 Å². The minimum Gasteiger partial charge on any atom is -0.492 e. The van der Waals surface area contributed by atoms with E-state index in [9.17, 15) is 9.59 Å². The van der Waals surface area contributed by atoms with Gasteiger partial charge in [0.15, 0.2) is 5.78 Å². The number of rotatable bonds is 7. The van der Waals surface area contributed by atoms with Gasteiger partial charge in [-0.2, -0.15) is 0 Å². The monoisotopic (exact) mass is 330 g/mol. The van der Waals surface area contributed by atoms with Crippen LogP contribution in [0.3, 0.4) is 0 Å². The van der Waals surface area contributed by atoms with Crippen LogP contribution in [-0.4, -0.2) is 25.0 Å². The van der Waals surface area contributed by atoms with E-state index in [4.69, 9.17) is 9.15 Å². The van der Waals surface area contributed by atoms with E-state index in [0.717, 1.165) is 11.5 Å². The Morgan fingerprint density at radius 3 is 2.62 bits per heavy atom. The second kappa shape index (κ2) is 8.19. The van der Waals surface area contributed by atoms with Crippen LogP contribution in [0, 0.1) is 6.92 Å². The van der Waals surface area contributed by atoms with E-state index in [2.05, 4.69) is 10.6 Å². The predicted molar refractivity (Wildman–Crippen MR) is 91.8 cm³/mol. The SMILES string of the molecule is CCOc1ccc(C(C)=O)cc1NC(=O)NCCc1ccc(C)o1. The normalized spacial score (nSPS) is 10.3. The highest BCUT2D eigenvalue weighted by molar-refractivity contribution is 5.97. The number of Topliss-reactive ketones (excluding diaryl/α,β-unsaturated/α-hetero) is 1. The van der Waals surface area contributed by atoms with Crippen LogP contribution in [0.25, 0.3) is 0 Å². The number of amides is 2. The zero-order valence-corrected chi connectivity index (χ0v) is 14.1. The number of hydrogen-bond acceptors (Lipinski definition) is 4. The van der Waals surface area contributed by atoms with E-state index in [1.165, 1.54) is 6.92 Å². The molecule has 2 aromatic rings. The molecule has 128 valence electrons. The fraction of sp³-hybridized carbons (Fsp3) is 0.333. The van der Waals surface area contributed by atoms with E-state index >= 15 is 0 Å². The van der Waals surface area contributed by atoms with Crippen LogP contribution in [0.15, 0.2) is 34.7 Å². The van der Waals surface area contributed by atoms with Crippen molar-refractivity contribution >= 4 is 17.5 Å². The Morgan fingerprint density at radius 1 is 1.21 bits per heavy atom. The Bertz CT molecular complexity index is 722. The molecule has 0 unspecified atom stereocenters. The summed E-state index contributed by atoms with van der Waals surface area (Å²) in [5.74, 6) is 2.12. The van der Waals surface area contributed by atoms with Gasteiger partial charge in [-0.25, -0.2) is 4.79 Å². The molecular formula is C18H22N2O4. The van der Waals surface area contributed by atoms with Crippen molar-refractivity contribution < 1.29 is 18.7 Å². The number of carbonyl (C=O) groups is 2. The maximum absolute atomic E-state index is 12.1. The molecule has 2 rings (SSSR count). The molecular weight excluding hydrogens is 308 g/mol. The quantitative estimate of drug-likeness (QED) is 0.761. The highest BCUT2D eigenvalue weighted by Crippen LogP contribution is 2.26. The average molecular weight is 330 g/mol. The number of ketones is 1. The third-order valence-electron chi connectivity index (χ3n) is 3.39. The maximum atomic E-state index is 12.1. The van der Waals surface area contributed by atoms with Gasteiger partial charge in [-0.3, -0.25) is 4.79 Å². The number of nitrogens with one attached hydrogen (secondary N) is 2. The van der Waals surface area contributed by atoms with Gasteiger partial charge in [-0.05, 0) is 51.1 Å². The van der Waals surface area contributed by atoms with Crippen molar-refractivity contribution in [2.45, 2.75) is 27.2 Å². The lowest BCUT2D eigenvalue weighted by Gasteiger charge is -2.13. The summed E-state index contributed by atoms with van der Waals surface area (Å²) < 4.78 is 10.9. The zero-order valence-electron chi connectivity index (χ0n) is 14.1. The van der Waals surface area contributed by atoms with Crippen molar-refractivity contribution in [3.8, 4) is 5.75 Å². The van der Waals surface area contributed by atoms with Gasteiger partial charge < -0.3 is 19.8 Å². The first-order valence-electron chi connectivity index (χ1n) is 7.87. The maximum Gasteiger partial charge on any atom is 0.319 e. The van der Waals surface area contributed by atoms with Gasteiger partial charge in [0.25, 0.3) is 0 Å². The lowest BCUT2D eigenvalue weighted by atomic mass is 10.1. The average Bonchev–Trinajstić information content (AvgIpc) is 2.94. The molecule has 0 atom stereocenters. The molecule has 0 bridgehead atoms. The van der Waals surface area contributed by atoms with Crippen molar-refractivity contribution in [2.24, 2.45) is 0 Å². The molecule has 1 aromatic carbocycles. The molecule has 24 heavy (non-hydrogen) atoms. The predicted octanol–water partition coefficient (Wildman–Crippen LogP) is 3.55. The summed E-state index contributed by atoms with van der Waals surface area (Å²) in [7, 11) is 0. The number of anilines is 1. The van der Waals surface area contributed by atoms with Crippen LogP contribution < -0.4 is 15.4 Å². The van der Waals surface area contributed by atoms with Crippen molar-refractivity contribution in [3.63, 3.8) is 0 Å². The summed E-state index contributed by atoms with van der Waals surface area (Å²) in [6.07, 6.45) is 0.604. The molecule has 6 nitrogen and oxygen atoms in total. The summed E-state index contributed by atoms with van der Waals surface area (Å²) in [5, 5.41) is 5.48. The Hall–Kier alpha value is -2.76. The summed E-state index contributed by atoms with van der Waals surface area (Å²) in [4.78, 5) is 23.6. The van der Waals surface area contributed by atoms with E-state index in [1.54, 1.807) is 18.2 Å². The minimum atomic E-state index is -0.361.